The number of benzene rings is 3. The number of aromatic nitrogens is 1. The average Bonchev–Trinajstić information content (AvgIpc) is 3.46. The number of allylic oxidation sites excluding steroid dienone is 1. The number of anilines is 2. The van der Waals surface area contributed by atoms with Gasteiger partial charge in [0.05, 0.1) is 5.69 Å². The van der Waals surface area contributed by atoms with Crippen LogP contribution in [-0.2, 0) is 11.2 Å². The molecule has 4 rings (SSSR count). The van der Waals surface area contributed by atoms with Crippen molar-refractivity contribution in [2.45, 2.75) is 67.2 Å². The van der Waals surface area contributed by atoms with Crippen LogP contribution in [0.4, 0.5) is 10.8 Å². The Labute approximate surface area is 252 Å². The van der Waals surface area contributed by atoms with Crippen molar-refractivity contribution in [2.24, 2.45) is 0 Å². The van der Waals surface area contributed by atoms with E-state index in [2.05, 4.69) is 73.8 Å². The molecule has 0 fully saturated rings. The highest BCUT2D eigenvalue weighted by Crippen LogP contribution is 2.28. The van der Waals surface area contributed by atoms with Crippen LogP contribution in [0.1, 0.15) is 71.9 Å². The molecule has 0 unspecified atom stereocenters. The number of aryl methyl sites for hydroxylation is 1. The Bertz CT molecular complexity index is 1290. The molecule has 2 N–H and O–H groups in total. The van der Waals surface area contributed by atoms with Gasteiger partial charge >= 0.3 is 0 Å². The summed E-state index contributed by atoms with van der Waals surface area (Å²) in [7, 11) is 0. The van der Waals surface area contributed by atoms with Gasteiger partial charge in [-0.2, -0.15) is 0 Å². The van der Waals surface area contributed by atoms with E-state index in [-0.39, 0.29) is 5.91 Å². The molecule has 1 amide bonds. The fourth-order valence-corrected chi connectivity index (χ4v) is 3.76. The number of thiazole rings is 1. The summed E-state index contributed by atoms with van der Waals surface area (Å²) >= 11 is 1.42. The summed E-state index contributed by atoms with van der Waals surface area (Å²) in [5.74, 6) is -0.0320. The standard InChI is InChI=1S/C20H19N3OS.C8H10.C4H8.C4H10/c1-3-19(24)23-20-22-18(13-25-20)16-10-7-11-17(12-16)21-14(2)15-8-5-4-6-9-15;1-2-8-6-4-3-5-7-8;1-4(2)3;1-3-4-2/h4-13,21H,2-3H2,1H3,(H,22,23,24);3-7H,2H2,1H3;1H2,2-3H3;3-4H2,1-2H3. The first-order valence-electron chi connectivity index (χ1n) is 14.3. The zero-order valence-corrected chi connectivity index (χ0v) is 26.5. The molecule has 0 bridgehead atoms. The molecule has 0 aliphatic rings. The lowest BCUT2D eigenvalue weighted by atomic mass is 10.1. The Morgan fingerprint density at radius 2 is 1.39 bits per heavy atom. The molecule has 0 aliphatic carbocycles. The van der Waals surface area contributed by atoms with Crippen LogP contribution in [0.2, 0.25) is 0 Å². The van der Waals surface area contributed by atoms with Crippen molar-refractivity contribution < 1.29 is 4.79 Å². The number of unbranched alkanes of at least 4 members (excludes halogenated alkanes) is 1. The van der Waals surface area contributed by atoms with Gasteiger partial charge in [0.2, 0.25) is 5.91 Å². The quantitative estimate of drug-likeness (QED) is 0.208. The molecule has 0 saturated heterocycles. The maximum Gasteiger partial charge on any atom is 0.225 e. The lowest BCUT2D eigenvalue weighted by molar-refractivity contribution is -0.115. The summed E-state index contributed by atoms with van der Waals surface area (Å²) in [4.78, 5) is 16.0. The average molecular weight is 570 g/mol. The first-order chi connectivity index (χ1) is 19.7. The third-order valence-electron chi connectivity index (χ3n) is 5.40. The molecule has 1 heterocycles. The van der Waals surface area contributed by atoms with E-state index in [9.17, 15) is 4.79 Å². The zero-order valence-electron chi connectivity index (χ0n) is 25.7. The molecule has 4 aromatic rings. The second kappa shape index (κ2) is 20.9. The van der Waals surface area contributed by atoms with E-state index in [1.807, 2.05) is 86.8 Å². The highest BCUT2D eigenvalue weighted by atomic mass is 32.1. The molecule has 0 aliphatic heterocycles. The Morgan fingerprint density at radius 3 is 1.90 bits per heavy atom. The van der Waals surface area contributed by atoms with E-state index in [0.29, 0.717) is 11.6 Å². The van der Waals surface area contributed by atoms with E-state index in [1.165, 1.54) is 35.3 Å². The van der Waals surface area contributed by atoms with Gasteiger partial charge in [0, 0.05) is 28.7 Å². The van der Waals surface area contributed by atoms with Crippen LogP contribution in [0.5, 0.6) is 0 Å². The number of carbonyl (C=O) groups excluding carboxylic acids is 1. The fraction of sp³-hybridized carbons (Fsp3) is 0.278. The third kappa shape index (κ3) is 15.4. The van der Waals surface area contributed by atoms with Gasteiger partial charge in [-0.25, -0.2) is 4.98 Å². The number of nitrogens with one attached hydrogen (secondary N) is 2. The lowest BCUT2D eigenvalue weighted by Gasteiger charge is -2.10. The Balaban J connectivity index is 0.000000429. The van der Waals surface area contributed by atoms with Crippen LogP contribution in [0.3, 0.4) is 0 Å². The molecule has 3 aromatic carbocycles. The molecule has 0 spiro atoms. The second-order valence-corrected chi connectivity index (χ2v) is 10.4. The minimum Gasteiger partial charge on any atom is -0.356 e. The van der Waals surface area contributed by atoms with E-state index in [4.69, 9.17) is 0 Å². The van der Waals surface area contributed by atoms with E-state index < -0.39 is 0 Å². The van der Waals surface area contributed by atoms with Gasteiger partial charge in [-0.15, -0.1) is 17.9 Å². The van der Waals surface area contributed by atoms with Crippen LogP contribution in [-0.4, -0.2) is 10.9 Å². The van der Waals surface area contributed by atoms with Gasteiger partial charge in [0.25, 0.3) is 0 Å². The molecular weight excluding hydrogens is 522 g/mol. The van der Waals surface area contributed by atoms with Crippen molar-refractivity contribution in [2.75, 3.05) is 10.6 Å². The number of nitrogens with zero attached hydrogens (tertiary/aromatic N) is 1. The molecule has 218 valence electrons. The molecular formula is C36H47N3OS. The number of carbonyl (C=O) groups is 1. The van der Waals surface area contributed by atoms with Gasteiger partial charge in [0.15, 0.2) is 5.13 Å². The SMILES string of the molecule is C=C(C)C.C=C(Nc1cccc(-c2csc(NC(=O)CC)n2)c1)c1ccccc1.CCCC.CCc1ccccc1. The largest absolute Gasteiger partial charge is 0.356 e. The molecule has 0 atom stereocenters. The number of rotatable bonds is 8. The summed E-state index contributed by atoms with van der Waals surface area (Å²) in [5, 5.41) is 8.68. The second-order valence-electron chi connectivity index (χ2n) is 9.54. The molecule has 0 radical (unpaired) electrons. The normalized spacial score (nSPS) is 9.41. The maximum atomic E-state index is 11.5. The van der Waals surface area contributed by atoms with Gasteiger partial charge in [-0.05, 0) is 43.5 Å². The predicted octanol–water partition coefficient (Wildman–Crippen LogP) is 10.9. The smallest absolute Gasteiger partial charge is 0.225 e. The monoisotopic (exact) mass is 569 g/mol. The van der Waals surface area contributed by atoms with E-state index >= 15 is 0 Å². The van der Waals surface area contributed by atoms with Crippen molar-refractivity contribution >= 4 is 33.8 Å². The summed E-state index contributed by atoms with van der Waals surface area (Å²) in [6.45, 7) is 19.9. The topological polar surface area (TPSA) is 54.0 Å². The fourth-order valence-electron chi connectivity index (χ4n) is 3.03. The Hall–Kier alpha value is -3.96. The van der Waals surface area contributed by atoms with Crippen LogP contribution in [0.15, 0.2) is 109 Å². The highest BCUT2D eigenvalue weighted by Gasteiger charge is 2.08. The summed E-state index contributed by atoms with van der Waals surface area (Å²) in [6, 6.07) is 28.4. The van der Waals surface area contributed by atoms with Gasteiger partial charge < -0.3 is 10.6 Å². The Kier molecular flexibility index (Phi) is 17.9. The van der Waals surface area contributed by atoms with Crippen molar-refractivity contribution in [3.63, 3.8) is 0 Å². The minimum atomic E-state index is -0.0320. The van der Waals surface area contributed by atoms with Gasteiger partial charge in [-0.3, -0.25) is 4.79 Å². The van der Waals surface area contributed by atoms with Crippen LogP contribution >= 0.6 is 11.3 Å². The van der Waals surface area contributed by atoms with Crippen LogP contribution < -0.4 is 10.6 Å². The van der Waals surface area contributed by atoms with E-state index in [1.54, 1.807) is 0 Å². The zero-order chi connectivity index (χ0) is 30.5. The van der Waals surface area contributed by atoms with Crippen LogP contribution in [0, 0.1) is 0 Å². The maximum absolute atomic E-state index is 11.5. The molecule has 0 saturated carbocycles. The van der Waals surface area contributed by atoms with Gasteiger partial charge in [0.1, 0.15) is 0 Å². The van der Waals surface area contributed by atoms with Crippen molar-refractivity contribution in [1.29, 1.82) is 0 Å². The van der Waals surface area contributed by atoms with Crippen LogP contribution in [0.25, 0.3) is 17.0 Å². The van der Waals surface area contributed by atoms with Crippen molar-refractivity contribution in [3.05, 3.63) is 120 Å². The number of hydrogen-bond acceptors (Lipinski definition) is 4. The molecule has 4 nitrogen and oxygen atoms in total. The first-order valence-corrected chi connectivity index (χ1v) is 15.1. The van der Waals surface area contributed by atoms with Gasteiger partial charge in [-0.1, -0.05) is 125 Å². The summed E-state index contributed by atoms with van der Waals surface area (Å²) in [6.07, 6.45) is 4.22. The number of amides is 1. The summed E-state index contributed by atoms with van der Waals surface area (Å²) in [5.41, 5.74) is 7.23. The molecule has 5 heteroatoms. The lowest BCUT2D eigenvalue weighted by Crippen LogP contribution is -2.08. The number of hydrogen-bond donors (Lipinski definition) is 2. The summed E-state index contributed by atoms with van der Waals surface area (Å²) < 4.78 is 0. The highest BCUT2D eigenvalue weighted by molar-refractivity contribution is 7.14. The van der Waals surface area contributed by atoms with Crippen molar-refractivity contribution in [1.82, 2.24) is 4.98 Å². The van der Waals surface area contributed by atoms with E-state index in [0.717, 1.165) is 34.6 Å². The molecule has 41 heavy (non-hydrogen) atoms. The third-order valence-corrected chi connectivity index (χ3v) is 6.16. The first kappa shape index (κ1) is 35.1. The predicted molar refractivity (Wildman–Crippen MR) is 182 cm³/mol. The Morgan fingerprint density at radius 1 is 0.805 bits per heavy atom. The van der Waals surface area contributed by atoms with Crippen molar-refractivity contribution in [3.8, 4) is 11.3 Å². The molecule has 1 aromatic heterocycles. The minimum absolute atomic E-state index is 0.0320.